The maximum absolute atomic E-state index is 12.7. The SMILES string of the molecule is COc1cc(C(=O)OCC(=O)N(Cc2ccccc2)C(C)(C)C)ccc1OC(F)F. The first-order chi connectivity index (χ1) is 14.1. The Morgan fingerprint density at radius 2 is 1.70 bits per heavy atom. The highest BCUT2D eigenvalue weighted by molar-refractivity contribution is 5.92. The first kappa shape index (κ1) is 23.1. The number of esters is 1. The molecule has 0 aromatic heterocycles. The first-order valence-electron chi connectivity index (χ1n) is 9.26. The molecule has 0 saturated carbocycles. The van der Waals surface area contributed by atoms with Crippen molar-refractivity contribution in [2.24, 2.45) is 0 Å². The number of alkyl halides is 2. The number of carbonyl (C=O) groups excluding carboxylic acids is 2. The van der Waals surface area contributed by atoms with Crippen LogP contribution in [0.15, 0.2) is 48.5 Å². The topological polar surface area (TPSA) is 65.1 Å². The van der Waals surface area contributed by atoms with E-state index in [1.54, 1.807) is 4.90 Å². The fourth-order valence-corrected chi connectivity index (χ4v) is 2.74. The van der Waals surface area contributed by atoms with Crippen molar-refractivity contribution in [3.05, 3.63) is 59.7 Å². The van der Waals surface area contributed by atoms with Crippen molar-refractivity contribution in [1.29, 1.82) is 0 Å². The van der Waals surface area contributed by atoms with Crippen LogP contribution in [0.1, 0.15) is 36.7 Å². The van der Waals surface area contributed by atoms with Crippen LogP contribution in [-0.2, 0) is 16.1 Å². The van der Waals surface area contributed by atoms with Gasteiger partial charge in [0, 0.05) is 12.1 Å². The van der Waals surface area contributed by atoms with E-state index >= 15 is 0 Å². The van der Waals surface area contributed by atoms with Crippen molar-refractivity contribution < 1.29 is 32.6 Å². The molecule has 0 heterocycles. The molecule has 0 bridgehead atoms. The number of hydrogen-bond acceptors (Lipinski definition) is 5. The molecule has 6 nitrogen and oxygen atoms in total. The Balaban J connectivity index is 2.07. The monoisotopic (exact) mass is 421 g/mol. The summed E-state index contributed by atoms with van der Waals surface area (Å²) in [5.41, 5.74) is 0.509. The molecule has 2 aromatic rings. The van der Waals surface area contributed by atoms with Crippen LogP contribution in [0.2, 0.25) is 0 Å². The van der Waals surface area contributed by atoms with Gasteiger partial charge < -0.3 is 19.1 Å². The minimum atomic E-state index is -3.03. The molecular formula is C22H25F2NO5. The minimum absolute atomic E-state index is 0.0449. The molecule has 0 fully saturated rings. The van der Waals surface area contributed by atoms with E-state index in [2.05, 4.69) is 4.74 Å². The minimum Gasteiger partial charge on any atom is -0.493 e. The third-order valence-electron chi connectivity index (χ3n) is 4.24. The highest BCUT2D eigenvalue weighted by Crippen LogP contribution is 2.29. The largest absolute Gasteiger partial charge is 0.493 e. The highest BCUT2D eigenvalue weighted by Gasteiger charge is 2.27. The van der Waals surface area contributed by atoms with E-state index in [0.717, 1.165) is 5.56 Å². The molecular weight excluding hydrogens is 396 g/mol. The number of carbonyl (C=O) groups is 2. The van der Waals surface area contributed by atoms with Crippen molar-refractivity contribution in [3.63, 3.8) is 0 Å². The highest BCUT2D eigenvalue weighted by atomic mass is 19.3. The summed E-state index contributed by atoms with van der Waals surface area (Å²) in [6, 6.07) is 13.1. The van der Waals surface area contributed by atoms with Gasteiger partial charge in [-0.15, -0.1) is 0 Å². The third-order valence-corrected chi connectivity index (χ3v) is 4.24. The molecule has 162 valence electrons. The van der Waals surface area contributed by atoms with E-state index in [0.29, 0.717) is 6.54 Å². The molecule has 0 spiro atoms. The maximum atomic E-state index is 12.7. The van der Waals surface area contributed by atoms with E-state index in [-0.39, 0.29) is 23.0 Å². The second-order valence-corrected chi connectivity index (χ2v) is 7.46. The fourth-order valence-electron chi connectivity index (χ4n) is 2.74. The van der Waals surface area contributed by atoms with Crippen molar-refractivity contribution in [1.82, 2.24) is 4.90 Å². The zero-order valence-electron chi connectivity index (χ0n) is 17.4. The summed E-state index contributed by atoms with van der Waals surface area (Å²) < 4.78 is 39.3. The zero-order chi connectivity index (χ0) is 22.3. The Morgan fingerprint density at radius 1 is 1.03 bits per heavy atom. The van der Waals surface area contributed by atoms with Gasteiger partial charge in [-0.3, -0.25) is 4.79 Å². The maximum Gasteiger partial charge on any atom is 0.387 e. The van der Waals surface area contributed by atoms with Crippen LogP contribution in [0, 0.1) is 0 Å². The van der Waals surface area contributed by atoms with Gasteiger partial charge in [0.1, 0.15) is 0 Å². The van der Waals surface area contributed by atoms with Gasteiger partial charge in [0.25, 0.3) is 5.91 Å². The smallest absolute Gasteiger partial charge is 0.387 e. The summed E-state index contributed by atoms with van der Waals surface area (Å²) in [6.45, 7) is 2.56. The summed E-state index contributed by atoms with van der Waals surface area (Å²) in [4.78, 5) is 26.7. The summed E-state index contributed by atoms with van der Waals surface area (Å²) >= 11 is 0. The van der Waals surface area contributed by atoms with Crippen molar-refractivity contribution >= 4 is 11.9 Å². The molecule has 8 heteroatoms. The van der Waals surface area contributed by atoms with Crippen LogP contribution in [-0.4, -0.2) is 42.6 Å². The van der Waals surface area contributed by atoms with E-state index in [1.165, 1.54) is 25.3 Å². The summed E-state index contributed by atoms with van der Waals surface area (Å²) in [5.74, 6) is -1.39. The number of ether oxygens (including phenoxy) is 3. The Kier molecular flexibility index (Phi) is 7.74. The molecule has 2 aromatic carbocycles. The van der Waals surface area contributed by atoms with Crippen molar-refractivity contribution in [3.8, 4) is 11.5 Å². The molecule has 0 aliphatic heterocycles. The number of nitrogens with zero attached hydrogens (tertiary/aromatic N) is 1. The predicted molar refractivity (Wildman–Crippen MR) is 107 cm³/mol. The molecule has 0 aliphatic carbocycles. The lowest BCUT2D eigenvalue weighted by Crippen LogP contribution is -2.46. The van der Waals surface area contributed by atoms with Gasteiger partial charge in [-0.2, -0.15) is 8.78 Å². The molecule has 1 amide bonds. The van der Waals surface area contributed by atoms with Gasteiger partial charge in [-0.05, 0) is 44.5 Å². The number of benzene rings is 2. The van der Waals surface area contributed by atoms with Gasteiger partial charge in [-0.25, -0.2) is 4.79 Å². The number of rotatable bonds is 8. The van der Waals surface area contributed by atoms with Gasteiger partial charge in [-0.1, -0.05) is 30.3 Å². The lowest BCUT2D eigenvalue weighted by Gasteiger charge is -2.35. The normalized spacial score (nSPS) is 11.2. The van der Waals surface area contributed by atoms with Crippen LogP contribution < -0.4 is 9.47 Å². The third kappa shape index (κ3) is 6.43. The van der Waals surface area contributed by atoms with Crippen molar-refractivity contribution in [2.45, 2.75) is 39.5 Å². The van der Waals surface area contributed by atoms with Gasteiger partial charge >= 0.3 is 12.6 Å². The predicted octanol–water partition coefficient (Wildman–Crippen LogP) is 4.28. The number of methoxy groups -OCH3 is 1. The van der Waals surface area contributed by atoms with Crippen LogP contribution >= 0.6 is 0 Å². The van der Waals surface area contributed by atoms with E-state index < -0.39 is 24.7 Å². The van der Waals surface area contributed by atoms with Gasteiger partial charge in [0.05, 0.1) is 12.7 Å². The van der Waals surface area contributed by atoms with Crippen molar-refractivity contribution in [2.75, 3.05) is 13.7 Å². The Labute approximate surface area is 174 Å². The second kappa shape index (κ2) is 10.0. The van der Waals surface area contributed by atoms with Crippen LogP contribution in [0.5, 0.6) is 11.5 Å². The second-order valence-electron chi connectivity index (χ2n) is 7.46. The number of amides is 1. The Bertz CT molecular complexity index is 866. The average Bonchev–Trinajstić information content (AvgIpc) is 2.69. The van der Waals surface area contributed by atoms with Gasteiger partial charge in [0.2, 0.25) is 0 Å². The number of hydrogen-bond donors (Lipinski definition) is 0. The van der Waals surface area contributed by atoms with Crippen LogP contribution in [0.3, 0.4) is 0 Å². The standard InChI is InChI=1S/C22H25F2NO5/c1-22(2,3)25(13-15-8-6-5-7-9-15)19(26)14-29-20(27)16-10-11-17(30-21(23)24)18(12-16)28-4/h5-12,21H,13-14H2,1-4H3. The van der Waals surface area contributed by atoms with E-state index in [1.807, 2.05) is 51.1 Å². The molecule has 2 rings (SSSR count). The molecule has 0 radical (unpaired) electrons. The summed E-state index contributed by atoms with van der Waals surface area (Å²) in [5, 5.41) is 0. The van der Waals surface area contributed by atoms with E-state index in [4.69, 9.17) is 9.47 Å². The average molecular weight is 421 g/mol. The molecule has 0 N–H and O–H groups in total. The lowest BCUT2D eigenvalue weighted by atomic mass is 10.0. The molecule has 0 aliphatic rings. The quantitative estimate of drug-likeness (QED) is 0.596. The van der Waals surface area contributed by atoms with E-state index in [9.17, 15) is 18.4 Å². The fraction of sp³-hybridized carbons (Fsp3) is 0.364. The molecule has 0 atom stereocenters. The Morgan fingerprint density at radius 3 is 2.27 bits per heavy atom. The molecule has 0 unspecified atom stereocenters. The summed E-state index contributed by atoms with van der Waals surface area (Å²) in [7, 11) is 1.26. The van der Waals surface area contributed by atoms with Gasteiger partial charge in [0.15, 0.2) is 18.1 Å². The Hall–Kier alpha value is -3.16. The summed E-state index contributed by atoms with van der Waals surface area (Å²) in [6.07, 6.45) is 0. The lowest BCUT2D eigenvalue weighted by molar-refractivity contribution is -0.140. The number of halogens is 2. The van der Waals surface area contributed by atoms with Crippen LogP contribution in [0.4, 0.5) is 8.78 Å². The zero-order valence-corrected chi connectivity index (χ0v) is 17.4. The van der Waals surface area contributed by atoms with Crippen LogP contribution in [0.25, 0.3) is 0 Å². The molecule has 30 heavy (non-hydrogen) atoms. The molecule has 0 saturated heterocycles. The first-order valence-corrected chi connectivity index (χ1v) is 9.26.